The van der Waals surface area contributed by atoms with E-state index in [9.17, 15) is 9.18 Å². The number of rotatable bonds is 5. The molecule has 0 aliphatic rings. The smallest absolute Gasteiger partial charge is 0.314 e. The molecule has 0 amide bonds. The molecule has 2 aromatic rings. The minimum atomic E-state index is -0.626. The van der Waals surface area contributed by atoms with Crippen molar-refractivity contribution >= 4 is 5.97 Å². The number of carbonyl (C=O) groups is 1. The highest BCUT2D eigenvalue weighted by atomic mass is 19.1. The Kier molecular flexibility index (Phi) is 5.26. The monoisotopic (exact) mass is 297 g/mol. The largest absolute Gasteiger partial charge is 0.465 e. The van der Waals surface area contributed by atoms with E-state index in [0.717, 1.165) is 11.1 Å². The van der Waals surface area contributed by atoms with E-state index in [-0.39, 0.29) is 18.8 Å². The second kappa shape index (κ2) is 7.37. The number of esters is 1. The Morgan fingerprint density at radius 1 is 1.23 bits per heavy atom. The molecule has 0 heterocycles. The summed E-state index contributed by atoms with van der Waals surface area (Å²) >= 11 is 0. The molecule has 2 aromatic carbocycles. The van der Waals surface area contributed by atoms with E-state index in [1.807, 2.05) is 12.1 Å². The molecule has 1 unspecified atom stereocenters. The average Bonchev–Trinajstić information content (AvgIpc) is 2.53. The van der Waals surface area contributed by atoms with Gasteiger partial charge >= 0.3 is 5.97 Å². The van der Waals surface area contributed by atoms with E-state index >= 15 is 0 Å². The van der Waals surface area contributed by atoms with Crippen LogP contribution in [0.15, 0.2) is 48.5 Å². The van der Waals surface area contributed by atoms with Gasteiger partial charge in [-0.3, -0.25) is 4.79 Å². The van der Waals surface area contributed by atoms with Crippen LogP contribution in [0, 0.1) is 17.1 Å². The summed E-state index contributed by atoms with van der Waals surface area (Å²) in [6.07, 6.45) is 0.0471. The van der Waals surface area contributed by atoms with Crippen LogP contribution in [0.1, 0.15) is 24.8 Å². The van der Waals surface area contributed by atoms with Gasteiger partial charge in [-0.25, -0.2) is 4.39 Å². The molecule has 0 spiro atoms. The lowest BCUT2D eigenvalue weighted by Crippen LogP contribution is -2.15. The van der Waals surface area contributed by atoms with Gasteiger partial charge in [-0.15, -0.1) is 0 Å². The molecule has 0 fully saturated rings. The number of benzene rings is 2. The second-order valence-corrected chi connectivity index (χ2v) is 4.80. The third kappa shape index (κ3) is 3.70. The fourth-order valence-electron chi connectivity index (χ4n) is 2.27. The summed E-state index contributed by atoms with van der Waals surface area (Å²) in [5, 5.41) is 8.93. The zero-order valence-electron chi connectivity index (χ0n) is 12.3. The van der Waals surface area contributed by atoms with E-state index in [4.69, 9.17) is 10.00 Å². The van der Waals surface area contributed by atoms with Gasteiger partial charge in [0.1, 0.15) is 5.82 Å². The van der Waals surface area contributed by atoms with E-state index in [2.05, 4.69) is 0 Å². The first-order valence-corrected chi connectivity index (χ1v) is 7.05. The summed E-state index contributed by atoms with van der Waals surface area (Å²) in [6.45, 7) is 1.99. The molecule has 112 valence electrons. The standard InChI is InChI=1S/C18H16FNO2/c1-2-22-18(21)17(9-10-20)15-7-3-5-13(11-15)14-6-4-8-16(19)12-14/h3-8,11-12,17H,2,9H2,1H3. The van der Waals surface area contributed by atoms with Crippen molar-refractivity contribution in [3.63, 3.8) is 0 Å². The Bertz CT molecular complexity index is 706. The number of halogens is 1. The van der Waals surface area contributed by atoms with E-state index in [1.165, 1.54) is 12.1 Å². The number of ether oxygens (including phenoxy) is 1. The van der Waals surface area contributed by atoms with Crippen molar-refractivity contribution in [2.45, 2.75) is 19.3 Å². The third-order valence-corrected chi connectivity index (χ3v) is 3.31. The quantitative estimate of drug-likeness (QED) is 0.782. The highest BCUT2D eigenvalue weighted by Crippen LogP contribution is 2.27. The van der Waals surface area contributed by atoms with Gasteiger partial charge in [-0.05, 0) is 35.7 Å². The molecule has 0 aliphatic heterocycles. The van der Waals surface area contributed by atoms with Gasteiger partial charge in [0.05, 0.1) is 25.0 Å². The van der Waals surface area contributed by atoms with Gasteiger partial charge in [-0.1, -0.05) is 36.4 Å². The van der Waals surface area contributed by atoms with Crippen LogP contribution in [-0.4, -0.2) is 12.6 Å². The Hall–Kier alpha value is -2.67. The Morgan fingerprint density at radius 2 is 1.91 bits per heavy atom. The summed E-state index contributed by atoms with van der Waals surface area (Å²) in [7, 11) is 0. The highest BCUT2D eigenvalue weighted by molar-refractivity contribution is 5.79. The zero-order chi connectivity index (χ0) is 15.9. The van der Waals surface area contributed by atoms with Crippen molar-refractivity contribution < 1.29 is 13.9 Å². The minimum absolute atomic E-state index is 0.0471. The minimum Gasteiger partial charge on any atom is -0.465 e. The molecule has 0 saturated carbocycles. The summed E-state index contributed by atoms with van der Waals surface area (Å²) in [5.41, 5.74) is 2.22. The lowest BCUT2D eigenvalue weighted by molar-refractivity contribution is -0.144. The van der Waals surface area contributed by atoms with Crippen molar-refractivity contribution in [2.24, 2.45) is 0 Å². The zero-order valence-corrected chi connectivity index (χ0v) is 12.3. The van der Waals surface area contributed by atoms with Gasteiger partial charge in [-0.2, -0.15) is 5.26 Å². The van der Waals surface area contributed by atoms with Crippen molar-refractivity contribution in [3.8, 4) is 17.2 Å². The maximum absolute atomic E-state index is 13.3. The molecule has 0 N–H and O–H groups in total. The molecule has 2 rings (SSSR count). The first kappa shape index (κ1) is 15.7. The summed E-state index contributed by atoms with van der Waals surface area (Å²) in [6, 6.07) is 15.5. The summed E-state index contributed by atoms with van der Waals surface area (Å²) in [4.78, 5) is 12.0. The first-order valence-electron chi connectivity index (χ1n) is 7.05. The highest BCUT2D eigenvalue weighted by Gasteiger charge is 2.22. The SMILES string of the molecule is CCOC(=O)C(CC#N)c1cccc(-c2cccc(F)c2)c1. The maximum atomic E-state index is 13.3. The van der Waals surface area contributed by atoms with Crippen LogP contribution in [0.5, 0.6) is 0 Å². The first-order chi connectivity index (χ1) is 10.7. The van der Waals surface area contributed by atoms with E-state index in [0.29, 0.717) is 5.56 Å². The Balaban J connectivity index is 2.37. The lowest BCUT2D eigenvalue weighted by atomic mass is 9.93. The number of nitriles is 1. The number of carbonyl (C=O) groups excluding carboxylic acids is 1. The molecule has 4 heteroatoms. The summed E-state index contributed by atoms with van der Waals surface area (Å²) < 4.78 is 18.4. The topological polar surface area (TPSA) is 50.1 Å². The Morgan fingerprint density at radius 3 is 2.55 bits per heavy atom. The third-order valence-electron chi connectivity index (χ3n) is 3.31. The lowest BCUT2D eigenvalue weighted by Gasteiger charge is -2.14. The van der Waals surface area contributed by atoms with Gasteiger partial charge in [0, 0.05) is 0 Å². The molecule has 22 heavy (non-hydrogen) atoms. The fraction of sp³-hybridized carbons (Fsp3) is 0.222. The summed E-state index contributed by atoms with van der Waals surface area (Å²) in [5.74, 6) is -1.36. The molecule has 1 atom stereocenters. The average molecular weight is 297 g/mol. The molecular formula is C18H16FNO2. The van der Waals surface area contributed by atoms with Crippen LogP contribution in [0.4, 0.5) is 4.39 Å². The van der Waals surface area contributed by atoms with Crippen molar-refractivity contribution in [1.82, 2.24) is 0 Å². The van der Waals surface area contributed by atoms with Crippen LogP contribution in [-0.2, 0) is 9.53 Å². The van der Waals surface area contributed by atoms with Gasteiger partial charge in [0.2, 0.25) is 0 Å². The molecule has 3 nitrogen and oxygen atoms in total. The Labute approximate surface area is 129 Å². The van der Waals surface area contributed by atoms with Crippen LogP contribution in [0.2, 0.25) is 0 Å². The van der Waals surface area contributed by atoms with Crippen LogP contribution in [0.25, 0.3) is 11.1 Å². The fourth-order valence-corrected chi connectivity index (χ4v) is 2.27. The van der Waals surface area contributed by atoms with Crippen LogP contribution >= 0.6 is 0 Å². The predicted molar refractivity (Wildman–Crippen MR) is 81.4 cm³/mol. The molecule has 0 bridgehead atoms. The van der Waals surface area contributed by atoms with Gasteiger partial charge in [0.15, 0.2) is 0 Å². The van der Waals surface area contributed by atoms with Crippen LogP contribution < -0.4 is 0 Å². The van der Waals surface area contributed by atoms with E-state index in [1.54, 1.807) is 37.3 Å². The molecular weight excluding hydrogens is 281 g/mol. The van der Waals surface area contributed by atoms with Crippen molar-refractivity contribution in [1.29, 1.82) is 5.26 Å². The van der Waals surface area contributed by atoms with E-state index < -0.39 is 11.9 Å². The van der Waals surface area contributed by atoms with Crippen LogP contribution in [0.3, 0.4) is 0 Å². The molecule has 0 aromatic heterocycles. The number of nitrogens with zero attached hydrogens (tertiary/aromatic N) is 1. The molecule has 0 aliphatic carbocycles. The van der Waals surface area contributed by atoms with Gasteiger partial charge in [0.25, 0.3) is 0 Å². The molecule has 0 radical (unpaired) electrons. The maximum Gasteiger partial charge on any atom is 0.314 e. The van der Waals surface area contributed by atoms with Crippen molar-refractivity contribution in [3.05, 3.63) is 59.9 Å². The second-order valence-electron chi connectivity index (χ2n) is 4.80. The molecule has 0 saturated heterocycles. The predicted octanol–water partition coefficient (Wildman–Crippen LogP) is 4.05. The number of hydrogen-bond acceptors (Lipinski definition) is 3. The van der Waals surface area contributed by atoms with Crippen molar-refractivity contribution in [2.75, 3.05) is 6.61 Å². The van der Waals surface area contributed by atoms with Gasteiger partial charge < -0.3 is 4.74 Å². The normalized spacial score (nSPS) is 11.5. The number of hydrogen-bond donors (Lipinski definition) is 0.